The zero-order valence-corrected chi connectivity index (χ0v) is 14.5. The Morgan fingerprint density at radius 2 is 2.05 bits per heavy atom. The van der Waals surface area contributed by atoms with Crippen molar-refractivity contribution in [3.8, 4) is 5.75 Å². The van der Waals surface area contributed by atoms with Gasteiger partial charge in [0, 0.05) is 20.7 Å². The second-order valence-corrected chi connectivity index (χ2v) is 6.63. The van der Waals surface area contributed by atoms with Gasteiger partial charge in [-0.3, -0.25) is 10.1 Å². The van der Waals surface area contributed by atoms with Crippen molar-refractivity contribution in [1.82, 2.24) is 10.2 Å². The number of aliphatic imine (C=N–C) groups is 1. The molecule has 0 saturated heterocycles. The molecule has 1 heterocycles. The van der Waals surface area contributed by atoms with E-state index < -0.39 is 0 Å². The third kappa shape index (κ3) is 2.80. The monoisotopic (exact) mass is 489 g/mol. The van der Waals surface area contributed by atoms with Crippen molar-refractivity contribution in [2.75, 3.05) is 0 Å². The first-order valence-electron chi connectivity index (χ1n) is 5.79. The first-order valence-corrected chi connectivity index (χ1v) is 7.94. The quantitative estimate of drug-likeness (QED) is 0.419. The fourth-order valence-electron chi connectivity index (χ4n) is 1.84. The fourth-order valence-corrected chi connectivity index (χ4v) is 3.73. The average molecular weight is 489 g/mol. The summed E-state index contributed by atoms with van der Waals surface area (Å²) in [4.78, 5) is 4.42. The number of rotatable bonds is 2. The van der Waals surface area contributed by atoms with E-state index in [9.17, 15) is 5.11 Å². The van der Waals surface area contributed by atoms with Crippen LogP contribution in [0.3, 0.4) is 0 Å². The number of fused-ring (bicyclic) bond motifs is 1. The van der Waals surface area contributed by atoms with Crippen LogP contribution in [-0.2, 0) is 0 Å². The Labute approximate surface area is 142 Å². The van der Waals surface area contributed by atoms with Crippen molar-refractivity contribution >= 4 is 68.0 Å². The molecule has 0 amide bonds. The largest absolute Gasteiger partial charge is 0.506 e. The topological polar surface area (TPSA) is 61.3 Å². The molecule has 20 heavy (non-hydrogen) atoms. The average Bonchev–Trinajstić information content (AvgIpc) is 2.88. The molecule has 100 valence electrons. The first-order chi connectivity index (χ1) is 9.63. The molecule has 3 aromatic rings. The number of phenolic OH excluding ortho intramolecular Hbond substituents is 1. The van der Waals surface area contributed by atoms with Crippen LogP contribution in [0, 0.1) is 7.14 Å². The fraction of sp³-hybridized carbons (Fsp3) is 0. The third-order valence-electron chi connectivity index (χ3n) is 2.83. The molecule has 0 radical (unpaired) electrons. The molecule has 0 spiro atoms. The summed E-state index contributed by atoms with van der Waals surface area (Å²) < 4.78 is 1.89. The van der Waals surface area contributed by atoms with Crippen molar-refractivity contribution in [3.05, 3.63) is 49.2 Å². The van der Waals surface area contributed by atoms with Crippen LogP contribution in [0.2, 0.25) is 0 Å². The highest BCUT2D eigenvalue weighted by atomic mass is 127. The first kappa shape index (κ1) is 13.8. The van der Waals surface area contributed by atoms with Crippen molar-refractivity contribution in [3.63, 3.8) is 0 Å². The zero-order chi connectivity index (χ0) is 14.1. The maximum absolute atomic E-state index is 10.0. The van der Waals surface area contributed by atoms with Gasteiger partial charge in [-0.05, 0) is 75.5 Å². The van der Waals surface area contributed by atoms with Crippen LogP contribution < -0.4 is 0 Å². The summed E-state index contributed by atoms with van der Waals surface area (Å²) in [5.74, 6) is 0.263. The van der Waals surface area contributed by atoms with E-state index in [2.05, 4.69) is 60.4 Å². The van der Waals surface area contributed by atoms with Crippen molar-refractivity contribution in [2.45, 2.75) is 0 Å². The minimum absolute atomic E-state index is 0.263. The molecular formula is C14H9I2N3O. The maximum Gasteiger partial charge on any atom is 0.137 e. The van der Waals surface area contributed by atoms with Crippen molar-refractivity contribution < 1.29 is 5.11 Å². The number of phenols is 1. The molecule has 2 N–H and O–H groups in total. The summed E-state index contributed by atoms with van der Waals surface area (Å²) in [6, 6.07) is 9.62. The van der Waals surface area contributed by atoms with E-state index in [1.54, 1.807) is 12.4 Å². The van der Waals surface area contributed by atoms with E-state index in [0.29, 0.717) is 5.56 Å². The van der Waals surface area contributed by atoms with Gasteiger partial charge in [0.2, 0.25) is 0 Å². The third-order valence-corrected chi connectivity index (χ3v) is 4.28. The van der Waals surface area contributed by atoms with Gasteiger partial charge in [0.1, 0.15) is 5.75 Å². The summed E-state index contributed by atoms with van der Waals surface area (Å²) in [7, 11) is 0. The summed E-state index contributed by atoms with van der Waals surface area (Å²) >= 11 is 4.33. The van der Waals surface area contributed by atoms with Gasteiger partial charge in [0.05, 0.1) is 21.0 Å². The van der Waals surface area contributed by atoms with Crippen LogP contribution in [0.15, 0.2) is 41.5 Å². The summed E-state index contributed by atoms with van der Waals surface area (Å²) in [5, 5.41) is 17.9. The lowest BCUT2D eigenvalue weighted by molar-refractivity contribution is 0.470. The Balaban J connectivity index is 1.97. The minimum Gasteiger partial charge on any atom is -0.506 e. The molecule has 0 unspecified atom stereocenters. The molecule has 4 nitrogen and oxygen atoms in total. The van der Waals surface area contributed by atoms with Gasteiger partial charge in [-0.25, -0.2) is 0 Å². The van der Waals surface area contributed by atoms with Gasteiger partial charge >= 0.3 is 0 Å². The number of nitrogens with one attached hydrogen (secondary N) is 1. The highest BCUT2D eigenvalue weighted by Crippen LogP contribution is 2.26. The normalized spacial score (nSPS) is 11.5. The number of halogens is 2. The van der Waals surface area contributed by atoms with Gasteiger partial charge < -0.3 is 5.11 Å². The Bertz CT molecular complexity index is 811. The zero-order valence-electron chi connectivity index (χ0n) is 10.1. The molecule has 2 aromatic carbocycles. The van der Waals surface area contributed by atoms with Gasteiger partial charge in [-0.2, -0.15) is 5.10 Å². The number of aromatic amines is 1. The lowest BCUT2D eigenvalue weighted by atomic mass is 10.2. The van der Waals surface area contributed by atoms with Crippen LogP contribution in [0.4, 0.5) is 5.69 Å². The lowest BCUT2D eigenvalue weighted by Gasteiger charge is -2.02. The molecule has 3 rings (SSSR count). The van der Waals surface area contributed by atoms with Gasteiger partial charge in [0.25, 0.3) is 0 Å². The van der Waals surface area contributed by atoms with Crippen LogP contribution in [0.5, 0.6) is 5.75 Å². The van der Waals surface area contributed by atoms with E-state index in [1.165, 1.54) is 0 Å². The standard InChI is InChI=1S/C14H9I2N3O/c15-10-3-9(14(20)12(16)5-10)6-17-11-1-2-13-8(4-11)7-18-19-13/h1-7,20H,(H,18,19). The molecule has 0 aliphatic heterocycles. The summed E-state index contributed by atoms with van der Waals surface area (Å²) in [6.45, 7) is 0. The van der Waals surface area contributed by atoms with E-state index >= 15 is 0 Å². The smallest absolute Gasteiger partial charge is 0.137 e. The summed E-state index contributed by atoms with van der Waals surface area (Å²) in [5.41, 5.74) is 2.52. The van der Waals surface area contributed by atoms with Crippen molar-refractivity contribution in [2.24, 2.45) is 4.99 Å². The number of aromatic nitrogens is 2. The lowest BCUT2D eigenvalue weighted by Crippen LogP contribution is -1.87. The van der Waals surface area contributed by atoms with E-state index in [4.69, 9.17) is 0 Å². The number of aromatic hydroxyl groups is 1. The molecule has 0 bridgehead atoms. The van der Waals surface area contributed by atoms with E-state index in [0.717, 1.165) is 23.7 Å². The van der Waals surface area contributed by atoms with E-state index in [-0.39, 0.29) is 5.75 Å². The Kier molecular flexibility index (Phi) is 3.92. The van der Waals surface area contributed by atoms with Crippen LogP contribution >= 0.6 is 45.2 Å². The number of H-pyrrole nitrogens is 1. The number of hydrogen-bond acceptors (Lipinski definition) is 3. The molecule has 0 saturated carbocycles. The Hall–Kier alpha value is -1.16. The van der Waals surface area contributed by atoms with Crippen LogP contribution in [-0.4, -0.2) is 21.5 Å². The highest BCUT2D eigenvalue weighted by molar-refractivity contribution is 14.1. The van der Waals surface area contributed by atoms with E-state index in [1.807, 2.05) is 30.3 Å². The predicted octanol–water partition coefficient (Wildman–Crippen LogP) is 4.23. The molecule has 0 aliphatic carbocycles. The molecule has 6 heteroatoms. The van der Waals surface area contributed by atoms with Crippen LogP contribution in [0.25, 0.3) is 10.9 Å². The molecule has 0 aliphatic rings. The summed E-state index contributed by atoms with van der Waals surface area (Å²) in [6.07, 6.45) is 3.45. The maximum atomic E-state index is 10.0. The molecule has 0 atom stereocenters. The number of benzene rings is 2. The molecule has 0 fully saturated rings. The highest BCUT2D eigenvalue weighted by Gasteiger charge is 2.05. The SMILES string of the molecule is Oc1c(I)cc(I)cc1C=Nc1ccc2[nH]ncc2c1. The Morgan fingerprint density at radius 1 is 1.20 bits per heavy atom. The predicted molar refractivity (Wildman–Crippen MR) is 96.9 cm³/mol. The van der Waals surface area contributed by atoms with Crippen LogP contribution in [0.1, 0.15) is 5.56 Å². The molecular weight excluding hydrogens is 480 g/mol. The second-order valence-electron chi connectivity index (χ2n) is 4.23. The van der Waals surface area contributed by atoms with Gasteiger partial charge in [0.15, 0.2) is 0 Å². The molecule has 1 aromatic heterocycles. The van der Waals surface area contributed by atoms with Crippen molar-refractivity contribution in [1.29, 1.82) is 0 Å². The minimum atomic E-state index is 0.263. The second kappa shape index (κ2) is 5.68. The number of hydrogen-bond donors (Lipinski definition) is 2. The van der Waals surface area contributed by atoms with Gasteiger partial charge in [-0.1, -0.05) is 0 Å². The Morgan fingerprint density at radius 3 is 2.90 bits per heavy atom. The van der Waals surface area contributed by atoms with Gasteiger partial charge in [-0.15, -0.1) is 0 Å². The number of nitrogens with zero attached hydrogens (tertiary/aromatic N) is 2.